The number of hydrogen-bond donors (Lipinski definition) is 1. The molecular formula is C43H72O4. The van der Waals surface area contributed by atoms with E-state index >= 15 is 0 Å². The van der Waals surface area contributed by atoms with E-state index in [-0.39, 0.29) is 5.56 Å². The summed E-state index contributed by atoms with van der Waals surface area (Å²) in [5.41, 5.74) is 0.221. The molecule has 0 spiro atoms. The molecule has 0 bridgehead atoms. The molecule has 1 N–H and O–H groups in total. The first-order chi connectivity index (χ1) is 23.0. The minimum atomic E-state index is -0.950. The fraction of sp³-hybridized carbons (Fsp3) is 0.744. The Hall–Kier alpha value is -2.23. The minimum Gasteiger partial charge on any atom is -0.493 e. The van der Waals surface area contributed by atoms with Crippen LogP contribution in [0, 0.1) is 11.8 Å². The molecule has 2 rings (SSSR count). The summed E-state index contributed by atoms with van der Waals surface area (Å²) in [7, 11) is 0. The van der Waals surface area contributed by atoms with Crippen LogP contribution in [0.15, 0.2) is 30.3 Å². The average Bonchev–Trinajstić information content (AvgIpc) is 3.08. The van der Waals surface area contributed by atoms with Crippen molar-refractivity contribution in [3.05, 3.63) is 35.9 Å². The van der Waals surface area contributed by atoms with Crippen LogP contribution < -0.4 is 9.47 Å². The monoisotopic (exact) mass is 653 g/mol. The van der Waals surface area contributed by atoms with Gasteiger partial charge in [-0.1, -0.05) is 180 Å². The number of benzene rings is 2. The number of carboxylic acid groups (broad SMARTS) is 1. The van der Waals surface area contributed by atoms with Crippen LogP contribution in [0.5, 0.6) is 11.5 Å². The normalized spacial score (nSPS) is 12.8. The summed E-state index contributed by atoms with van der Waals surface area (Å²) in [5.74, 6) is 1.18. The van der Waals surface area contributed by atoms with Crippen LogP contribution in [0.25, 0.3) is 10.8 Å². The highest BCUT2D eigenvalue weighted by Crippen LogP contribution is 2.38. The van der Waals surface area contributed by atoms with E-state index in [1.807, 2.05) is 18.2 Å². The van der Waals surface area contributed by atoms with Gasteiger partial charge in [-0.25, -0.2) is 4.79 Å². The number of unbranched alkanes of at least 4 members (excludes halogenated alkanes) is 16. The summed E-state index contributed by atoms with van der Waals surface area (Å²) in [6.07, 6.45) is 30.3. The van der Waals surface area contributed by atoms with Crippen molar-refractivity contribution in [3.8, 4) is 11.5 Å². The van der Waals surface area contributed by atoms with Gasteiger partial charge in [-0.15, -0.1) is 0 Å². The topological polar surface area (TPSA) is 55.8 Å². The minimum absolute atomic E-state index is 0.221. The highest BCUT2D eigenvalue weighted by atomic mass is 16.5. The van der Waals surface area contributed by atoms with Crippen molar-refractivity contribution < 1.29 is 19.4 Å². The third-order valence-corrected chi connectivity index (χ3v) is 9.99. The van der Waals surface area contributed by atoms with Gasteiger partial charge >= 0.3 is 5.97 Å². The molecule has 0 amide bonds. The van der Waals surface area contributed by atoms with Gasteiger partial charge in [-0.05, 0) is 43.6 Å². The van der Waals surface area contributed by atoms with Gasteiger partial charge < -0.3 is 14.6 Å². The van der Waals surface area contributed by atoms with E-state index in [4.69, 9.17) is 9.47 Å². The van der Waals surface area contributed by atoms with Crippen LogP contribution in [0.4, 0.5) is 0 Å². The van der Waals surface area contributed by atoms with E-state index < -0.39 is 5.97 Å². The zero-order valence-electron chi connectivity index (χ0n) is 31.1. The quantitative estimate of drug-likeness (QED) is 0.0823. The number of ether oxygens (including phenoxy) is 2. The summed E-state index contributed by atoms with van der Waals surface area (Å²) in [6.45, 7) is 10.3. The molecule has 2 aromatic carbocycles. The molecule has 2 unspecified atom stereocenters. The van der Waals surface area contributed by atoms with Gasteiger partial charge in [0.2, 0.25) is 0 Å². The maximum atomic E-state index is 12.7. The Morgan fingerprint density at radius 1 is 0.553 bits per heavy atom. The SMILES string of the molecule is CCCCCCCCC(CCCCCC)COc1cc(C(=O)O)c(OCC(CCCCCC)CCCCCCCC)c2ccccc12. The van der Waals surface area contributed by atoms with Gasteiger partial charge in [0.1, 0.15) is 17.1 Å². The standard InChI is InChI=1S/C43H72O4/c1-5-9-13-17-19-23-29-36(27-21-15-11-7-3)34-46-41-33-40(43(44)45)42(39-32-26-25-31-38(39)41)47-35-37(28-22-16-12-8-4)30-24-20-18-14-10-6-2/h25-26,31-33,36-37H,5-24,27-30,34-35H2,1-4H3,(H,44,45). The molecule has 0 saturated carbocycles. The van der Waals surface area contributed by atoms with Crippen molar-refractivity contribution in [3.63, 3.8) is 0 Å². The van der Waals surface area contributed by atoms with E-state index in [0.717, 1.165) is 23.6 Å². The molecule has 0 radical (unpaired) electrons. The number of carbonyl (C=O) groups is 1. The smallest absolute Gasteiger partial charge is 0.339 e. The number of hydrogen-bond acceptors (Lipinski definition) is 3. The molecule has 0 aliphatic heterocycles. The van der Waals surface area contributed by atoms with Crippen molar-refractivity contribution >= 4 is 16.7 Å². The van der Waals surface area contributed by atoms with Gasteiger partial charge in [0.05, 0.1) is 13.2 Å². The summed E-state index contributed by atoms with van der Waals surface area (Å²) in [4.78, 5) is 12.7. The second-order valence-corrected chi connectivity index (χ2v) is 14.3. The molecular weight excluding hydrogens is 580 g/mol. The van der Waals surface area contributed by atoms with Gasteiger partial charge in [0.15, 0.2) is 0 Å². The van der Waals surface area contributed by atoms with Crippen LogP contribution >= 0.6 is 0 Å². The second-order valence-electron chi connectivity index (χ2n) is 14.3. The number of carboxylic acids is 1. The molecule has 2 atom stereocenters. The first-order valence-corrected chi connectivity index (χ1v) is 20.1. The molecule has 0 fully saturated rings. The zero-order chi connectivity index (χ0) is 34.0. The van der Waals surface area contributed by atoms with E-state index in [1.54, 1.807) is 6.07 Å². The Morgan fingerprint density at radius 3 is 1.38 bits per heavy atom. The number of rotatable bonds is 31. The molecule has 0 saturated heterocycles. The fourth-order valence-corrected chi connectivity index (χ4v) is 6.93. The van der Waals surface area contributed by atoms with Crippen LogP contribution in [0.1, 0.15) is 192 Å². The van der Waals surface area contributed by atoms with E-state index in [0.29, 0.717) is 36.5 Å². The maximum Gasteiger partial charge on any atom is 0.339 e. The highest BCUT2D eigenvalue weighted by Gasteiger charge is 2.21. The predicted octanol–water partition coefficient (Wildman–Crippen LogP) is 14.0. The third kappa shape index (κ3) is 17.1. The average molecular weight is 653 g/mol. The number of fused-ring (bicyclic) bond motifs is 1. The molecule has 0 aromatic heterocycles. The molecule has 0 aliphatic rings. The summed E-state index contributed by atoms with van der Waals surface area (Å²) in [6, 6.07) is 9.81. The third-order valence-electron chi connectivity index (χ3n) is 9.99. The van der Waals surface area contributed by atoms with Crippen LogP contribution in [0.2, 0.25) is 0 Å². The Bertz CT molecular complexity index is 1060. The largest absolute Gasteiger partial charge is 0.493 e. The summed E-state index contributed by atoms with van der Waals surface area (Å²) < 4.78 is 13.1. The van der Waals surface area contributed by atoms with Crippen LogP contribution in [0.3, 0.4) is 0 Å². The van der Waals surface area contributed by atoms with Crippen molar-refractivity contribution in [1.82, 2.24) is 0 Å². The van der Waals surface area contributed by atoms with Crippen molar-refractivity contribution in [2.24, 2.45) is 11.8 Å². The van der Waals surface area contributed by atoms with Crippen molar-refractivity contribution in [2.45, 2.75) is 182 Å². The molecule has 268 valence electrons. The first kappa shape index (κ1) is 40.9. The van der Waals surface area contributed by atoms with Crippen LogP contribution in [-0.2, 0) is 0 Å². The molecule has 0 aliphatic carbocycles. The van der Waals surface area contributed by atoms with E-state index in [1.165, 1.54) is 141 Å². The van der Waals surface area contributed by atoms with Crippen molar-refractivity contribution in [2.75, 3.05) is 13.2 Å². The second kappa shape index (κ2) is 26.7. The Kier molecular flexibility index (Phi) is 23.3. The predicted molar refractivity (Wildman–Crippen MR) is 202 cm³/mol. The lowest BCUT2D eigenvalue weighted by atomic mass is 9.94. The number of aromatic carboxylic acids is 1. The Labute approximate surface area is 289 Å². The van der Waals surface area contributed by atoms with Gasteiger partial charge in [0, 0.05) is 10.8 Å². The molecule has 2 aromatic rings. The van der Waals surface area contributed by atoms with E-state index in [9.17, 15) is 9.90 Å². The summed E-state index contributed by atoms with van der Waals surface area (Å²) >= 11 is 0. The van der Waals surface area contributed by atoms with Gasteiger partial charge in [-0.2, -0.15) is 0 Å². The zero-order valence-corrected chi connectivity index (χ0v) is 31.1. The lowest BCUT2D eigenvalue weighted by molar-refractivity contribution is 0.0690. The van der Waals surface area contributed by atoms with Gasteiger partial charge in [-0.3, -0.25) is 0 Å². The maximum absolute atomic E-state index is 12.7. The highest BCUT2D eigenvalue weighted by molar-refractivity contribution is 6.03. The Morgan fingerprint density at radius 2 is 0.936 bits per heavy atom. The lowest BCUT2D eigenvalue weighted by Gasteiger charge is -2.22. The Balaban J connectivity index is 2.18. The molecule has 4 nitrogen and oxygen atoms in total. The lowest BCUT2D eigenvalue weighted by Crippen LogP contribution is -2.16. The van der Waals surface area contributed by atoms with Crippen LogP contribution in [-0.4, -0.2) is 24.3 Å². The molecule has 4 heteroatoms. The molecule has 47 heavy (non-hydrogen) atoms. The summed E-state index contributed by atoms with van der Waals surface area (Å²) in [5, 5.41) is 12.2. The van der Waals surface area contributed by atoms with E-state index in [2.05, 4.69) is 33.8 Å². The van der Waals surface area contributed by atoms with Gasteiger partial charge in [0.25, 0.3) is 0 Å². The van der Waals surface area contributed by atoms with Crippen molar-refractivity contribution in [1.29, 1.82) is 0 Å². The first-order valence-electron chi connectivity index (χ1n) is 20.1. The fourth-order valence-electron chi connectivity index (χ4n) is 6.93. The molecule has 0 heterocycles.